The number of anilines is 1. The van der Waals surface area contributed by atoms with Gasteiger partial charge in [-0.05, 0) is 46.7 Å². The second-order valence-electron chi connectivity index (χ2n) is 7.57. The quantitative estimate of drug-likeness (QED) is 0.485. The van der Waals surface area contributed by atoms with Gasteiger partial charge in [-0.3, -0.25) is 9.59 Å². The average molecular weight is 408 g/mol. The molecule has 0 aliphatic carbocycles. The van der Waals surface area contributed by atoms with Crippen molar-refractivity contribution in [2.45, 2.75) is 26.2 Å². The molecule has 4 rings (SSSR count). The van der Waals surface area contributed by atoms with Crippen molar-refractivity contribution in [3.63, 3.8) is 0 Å². The third kappa shape index (κ3) is 2.48. The van der Waals surface area contributed by atoms with Gasteiger partial charge in [-0.1, -0.05) is 61.0 Å². The lowest BCUT2D eigenvalue weighted by Gasteiger charge is -2.28. The van der Waals surface area contributed by atoms with Crippen LogP contribution in [0.3, 0.4) is 0 Å². The van der Waals surface area contributed by atoms with Gasteiger partial charge in [-0.2, -0.15) is 0 Å². The summed E-state index contributed by atoms with van der Waals surface area (Å²) in [4.78, 5) is 27.5. The maximum atomic E-state index is 13.1. The van der Waals surface area contributed by atoms with Gasteiger partial charge in [0.25, 0.3) is 11.8 Å². The Labute approximate surface area is 160 Å². The van der Waals surface area contributed by atoms with E-state index in [0.29, 0.717) is 16.8 Å². The van der Waals surface area contributed by atoms with Gasteiger partial charge in [0.1, 0.15) is 0 Å². The fourth-order valence-corrected chi connectivity index (χ4v) is 3.87. The summed E-state index contributed by atoms with van der Waals surface area (Å²) >= 11 is 3.51. The zero-order chi connectivity index (χ0) is 18.6. The average Bonchev–Trinajstić information content (AvgIpc) is 2.60. The van der Waals surface area contributed by atoms with Crippen LogP contribution in [0.2, 0.25) is 0 Å². The van der Waals surface area contributed by atoms with E-state index >= 15 is 0 Å². The number of benzene rings is 3. The summed E-state index contributed by atoms with van der Waals surface area (Å²) in [5, 5.41) is 1.60. The lowest BCUT2D eigenvalue weighted by molar-refractivity contribution is 0.0893. The number of imide groups is 1. The van der Waals surface area contributed by atoms with E-state index in [-0.39, 0.29) is 17.2 Å². The molecular formula is C22H18BrNO2. The molecule has 0 fully saturated rings. The third-order valence-electron chi connectivity index (χ3n) is 4.85. The Balaban J connectivity index is 1.87. The van der Waals surface area contributed by atoms with Crippen molar-refractivity contribution < 1.29 is 9.59 Å². The zero-order valence-electron chi connectivity index (χ0n) is 14.8. The van der Waals surface area contributed by atoms with E-state index in [1.165, 1.54) is 4.90 Å². The summed E-state index contributed by atoms with van der Waals surface area (Å²) in [6, 6.07) is 16.8. The molecule has 130 valence electrons. The molecule has 0 spiro atoms. The largest absolute Gasteiger partial charge is 0.268 e. The topological polar surface area (TPSA) is 37.4 Å². The van der Waals surface area contributed by atoms with Gasteiger partial charge in [-0.25, -0.2) is 4.90 Å². The summed E-state index contributed by atoms with van der Waals surface area (Å²) in [5.74, 6) is -0.565. The van der Waals surface area contributed by atoms with Gasteiger partial charge in [0.2, 0.25) is 0 Å². The number of hydrogen-bond donors (Lipinski definition) is 0. The van der Waals surface area contributed by atoms with Crippen molar-refractivity contribution in [2.75, 3.05) is 4.90 Å². The highest BCUT2D eigenvalue weighted by Crippen LogP contribution is 2.36. The third-order valence-corrected chi connectivity index (χ3v) is 5.54. The fourth-order valence-electron chi connectivity index (χ4n) is 3.41. The molecule has 3 aromatic carbocycles. The molecule has 0 bridgehead atoms. The first kappa shape index (κ1) is 17.0. The monoisotopic (exact) mass is 407 g/mol. The number of nitrogens with zero attached hydrogens (tertiary/aromatic N) is 1. The standard InChI is InChI=1S/C22H18BrNO2/c1-22(2,3)13-7-9-14(10-8-13)24-20(25)16-6-4-5-15-18(23)12-11-17(19(15)16)21(24)26/h4-12H,1-3H3. The van der Waals surface area contributed by atoms with Crippen LogP contribution < -0.4 is 4.90 Å². The normalized spacial score (nSPS) is 14.2. The van der Waals surface area contributed by atoms with Crippen LogP contribution in [0.25, 0.3) is 10.8 Å². The highest BCUT2D eigenvalue weighted by Gasteiger charge is 2.34. The lowest BCUT2D eigenvalue weighted by Crippen LogP contribution is -2.40. The predicted molar refractivity (Wildman–Crippen MR) is 108 cm³/mol. The van der Waals surface area contributed by atoms with Crippen LogP contribution in [0.5, 0.6) is 0 Å². The minimum absolute atomic E-state index is 0.0128. The van der Waals surface area contributed by atoms with Crippen molar-refractivity contribution >= 4 is 44.2 Å². The molecule has 1 heterocycles. The number of rotatable bonds is 1. The predicted octanol–water partition coefficient (Wildman–Crippen LogP) is 5.70. The van der Waals surface area contributed by atoms with Crippen molar-refractivity contribution in [1.29, 1.82) is 0 Å². The Morgan fingerprint density at radius 1 is 0.808 bits per heavy atom. The van der Waals surface area contributed by atoms with Crippen molar-refractivity contribution in [2.24, 2.45) is 0 Å². The number of halogens is 1. The highest BCUT2D eigenvalue weighted by molar-refractivity contribution is 9.10. The minimum atomic E-state index is -0.283. The first-order valence-corrected chi connectivity index (χ1v) is 9.29. The SMILES string of the molecule is CC(C)(C)c1ccc(N2C(=O)c3cccc4c(Br)ccc(c34)C2=O)cc1. The molecule has 0 N–H and O–H groups in total. The van der Waals surface area contributed by atoms with Crippen LogP contribution in [-0.2, 0) is 5.41 Å². The van der Waals surface area contributed by atoms with Gasteiger partial charge >= 0.3 is 0 Å². The number of hydrogen-bond acceptors (Lipinski definition) is 2. The summed E-state index contributed by atoms with van der Waals surface area (Å²) in [6.45, 7) is 6.40. The molecule has 0 unspecified atom stereocenters. The fraction of sp³-hybridized carbons (Fsp3) is 0.182. The van der Waals surface area contributed by atoms with Crippen LogP contribution >= 0.6 is 15.9 Å². The van der Waals surface area contributed by atoms with E-state index < -0.39 is 0 Å². The van der Waals surface area contributed by atoms with Crippen LogP contribution in [0, 0.1) is 0 Å². The first-order chi connectivity index (χ1) is 12.3. The maximum absolute atomic E-state index is 13.1. The summed E-state index contributed by atoms with van der Waals surface area (Å²) in [5.41, 5.74) is 2.87. The number of carbonyl (C=O) groups excluding carboxylic acids is 2. The van der Waals surface area contributed by atoms with E-state index in [1.54, 1.807) is 12.1 Å². The zero-order valence-corrected chi connectivity index (χ0v) is 16.4. The maximum Gasteiger partial charge on any atom is 0.265 e. The van der Waals surface area contributed by atoms with Crippen molar-refractivity contribution in [1.82, 2.24) is 0 Å². The van der Waals surface area contributed by atoms with Crippen LogP contribution in [0.1, 0.15) is 47.1 Å². The van der Waals surface area contributed by atoms with Gasteiger partial charge in [-0.15, -0.1) is 0 Å². The van der Waals surface area contributed by atoms with Gasteiger partial charge in [0.15, 0.2) is 0 Å². The molecule has 4 heteroatoms. The van der Waals surface area contributed by atoms with E-state index in [9.17, 15) is 9.59 Å². The molecule has 3 nitrogen and oxygen atoms in total. The molecule has 1 aliphatic rings. The molecule has 0 aromatic heterocycles. The first-order valence-electron chi connectivity index (χ1n) is 8.49. The van der Waals surface area contributed by atoms with E-state index in [4.69, 9.17) is 0 Å². The Kier molecular flexibility index (Phi) is 3.77. The molecule has 2 amide bonds. The lowest BCUT2D eigenvalue weighted by atomic mass is 9.87. The molecule has 0 saturated carbocycles. The number of carbonyl (C=O) groups is 2. The van der Waals surface area contributed by atoms with E-state index in [1.807, 2.05) is 42.5 Å². The molecule has 0 radical (unpaired) electrons. The molecule has 3 aromatic rings. The number of amides is 2. The van der Waals surface area contributed by atoms with Crippen LogP contribution in [0.15, 0.2) is 59.1 Å². The smallest absolute Gasteiger partial charge is 0.265 e. The summed E-state index contributed by atoms with van der Waals surface area (Å²) in [7, 11) is 0. The molecular weight excluding hydrogens is 390 g/mol. The summed E-state index contributed by atoms with van der Waals surface area (Å²) in [6.07, 6.45) is 0. The Hall–Kier alpha value is -2.46. The molecule has 0 saturated heterocycles. The van der Waals surface area contributed by atoms with Gasteiger partial charge in [0, 0.05) is 21.0 Å². The second kappa shape index (κ2) is 5.78. The van der Waals surface area contributed by atoms with Gasteiger partial charge < -0.3 is 0 Å². The van der Waals surface area contributed by atoms with E-state index in [0.717, 1.165) is 20.8 Å². The Morgan fingerprint density at radius 3 is 2.04 bits per heavy atom. The van der Waals surface area contributed by atoms with Crippen molar-refractivity contribution in [3.05, 3.63) is 75.8 Å². The second-order valence-corrected chi connectivity index (χ2v) is 8.42. The molecule has 1 aliphatic heterocycles. The minimum Gasteiger partial charge on any atom is -0.268 e. The highest BCUT2D eigenvalue weighted by atomic mass is 79.9. The molecule has 0 atom stereocenters. The Bertz CT molecular complexity index is 1040. The van der Waals surface area contributed by atoms with E-state index in [2.05, 4.69) is 36.7 Å². The van der Waals surface area contributed by atoms with Crippen LogP contribution in [-0.4, -0.2) is 11.8 Å². The summed E-state index contributed by atoms with van der Waals surface area (Å²) < 4.78 is 0.877. The Morgan fingerprint density at radius 2 is 1.42 bits per heavy atom. The van der Waals surface area contributed by atoms with Crippen molar-refractivity contribution in [3.8, 4) is 0 Å². The van der Waals surface area contributed by atoms with Gasteiger partial charge in [0.05, 0.1) is 5.69 Å². The molecule has 26 heavy (non-hydrogen) atoms. The van der Waals surface area contributed by atoms with Crippen LogP contribution in [0.4, 0.5) is 5.69 Å².